The number of anilines is 1. The summed E-state index contributed by atoms with van der Waals surface area (Å²) >= 11 is 0. The minimum atomic E-state index is -0.393. The van der Waals surface area contributed by atoms with Gasteiger partial charge in [-0.25, -0.2) is 4.98 Å². The molecule has 25 heavy (non-hydrogen) atoms. The Morgan fingerprint density at radius 3 is 2.80 bits per heavy atom. The zero-order chi connectivity index (χ0) is 17.8. The molecule has 0 saturated carbocycles. The van der Waals surface area contributed by atoms with Crippen LogP contribution >= 0.6 is 0 Å². The molecule has 1 aromatic carbocycles. The van der Waals surface area contributed by atoms with Crippen molar-refractivity contribution in [3.8, 4) is 0 Å². The van der Waals surface area contributed by atoms with Crippen LogP contribution < -0.4 is 5.32 Å². The van der Waals surface area contributed by atoms with Crippen LogP contribution in [-0.2, 0) is 16.1 Å². The van der Waals surface area contributed by atoms with Gasteiger partial charge in [-0.05, 0) is 37.8 Å². The molecule has 0 aliphatic carbocycles. The van der Waals surface area contributed by atoms with Crippen LogP contribution in [-0.4, -0.2) is 38.9 Å². The average molecular weight is 342 g/mol. The van der Waals surface area contributed by atoms with Crippen LogP contribution in [0.2, 0.25) is 0 Å². The third-order valence-electron chi connectivity index (χ3n) is 4.77. The highest BCUT2D eigenvalue weighted by atomic mass is 16.2. The predicted molar refractivity (Wildman–Crippen MR) is 98.3 cm³/mol. The maximum absolute atomic E-state index is 12.9. The molecule has 1 aromatic heterocycles. The number of hydrogen-bond donors (Lipinski definition) is 1. The number of piperidine rings is 1. The van der Waals surface area contributed by atoms with Gasteiger partial charge in [-0.2, -0.15) is 0 Å². The van der Waals surface area contributed by atoms with Gasteiger partial charge in [-0.15, -0.1) is 0 Å². The molecule has 6 heteroatoms. The topological polar surface area (TPSA) is 67.2 Å². The number of para-hydroxylation sites is 2. The normalized spacial score (nSPS) is 17.7. The van der Waals surface area contributed by atoms with Gasteiger partial charge >= 0.3 is 0 Å². The highest BCUT2D eigenvalue weighted by molar-refractivity contribution is 5.97. The highest BCUT2D eigenvalue weighted by Crippen LogP contribution is 2.23. The van der Waals surface area contributed by atoms with Gasteiger partial charge in [-0.3, -0.25) is 14.9 Å². The number of hydrogen-bond acceptors (Lipinski definition) is 3. The Balaban J connectivity index is 1.85. The van der Waals surface area contributed by atoms with Crippen LogP contribution in [0, 0.1) is 0 Å². The van der Waals surface area contributed by atoms with Gasteiger partial charge in [-0.1, -0.05) is 26.0 Å². The molecular weight excluding hydrogens is 316 g/mol. The molecule has 2 amide bonds. The van der Waals surface area contributed by atoms with Crippen molar-refractivity contribution in [2.75, 3.05) is 11.9 Å². The molecule has 1 N–H and O–H groups in total. The van der Waals surface area contributed by atoms with E-state index in [0.717, 1.165) is 36.8 Å². The largest absolute Gasteiger partial charge is 0.331 e. The van der Waals surface area contributed by atoms with Gasteiger partial charge < -0.3 is 9.47 Å². The molecule has 0 spiro atoms. The number of benzene rings is 1. The van der Waals surface area contributed by atoms with E-state index in [1.807, 2.05) is 35.8 Å². The Morgan fingerprint density at radius 2 is 2.04 bits per heavy atom. The summed E-state index contributed by atoms with van der Waals surface area (Å²) in [6, 6.07) is 7.49. The molecule has 3 rings (SSSR count). The number of aromatic nitrogens is 2. The maximum atomic E-state index is 12.9. The summed E-state index contributed by atoms with van der Waals surface area (Å²) in [6.07, 6.45) is 4.03. The van der Waals surface area contributed by atoms with Crippen molar-refractivity contribution in [3.05, 3.63) is 24.3 Å². The molecular formula is C19H26N4O2. The van der Waals surface area contributed by atoms with Crippen LogP contribution in [0.25, 0.3) is 11.0 Å². The highest BCUT2D eigenvalue weighted by Gasteiger charge is 2.32. The monoisotopic (exact) mass is 342 g/mol. The minimum Gasteiger partial charge on any atom is -0.331 e. The maximum Gasteiger partial charge on any atom is 0.249 e. The molecule has 1 aliphatic heterocycles. The predicted octanol–water partition coefficient (Wildman–Crippen LogP) is 3.18. The van der Waals surface area contributed by atoms with Crippen LogP contribution in [0.3, 0.4) is 0 Å². The Kier molecular flexibility index (Phi) is 5.36. The number of likely N-dealkylation sites (tertiary alicyclic amines) is 1. The van der Waals surface area contributed by atoms with Crippen LogP contribution in [0.15, 0.2) is 24.3 Å². The van der Waals surface area contributed by atoms with E-state index >= 15 is 0 Å². The van der Waals surface area contributed by atoms with Gasteiger partial charge in [0.25, 0.3) is 0 Å². The third-order valence-corrected chi connectivity index (χ3v) is 4.77. The molecule has 0 bridgehead atoms. The first-order valence-corrected chi connectivity index (χ1v) is 9.21. The van der Waals surface area contributed by atoms with E-state index in [2.05, 4.69) is 17.2 Å². The molecule has 2 heterocycles. The number of nitrogens with zero attached hydrogens (tertiary/aromatic N) is 3. The summed E-state index contributed by atoms with van der Waals surface area (Å²) in [7, 11) is 0. The second-order valence-electron chi connectivity index (χ2n) is 6.52. The minimum absolute atomic E-state index is 0.0434. The fraction of sp³-hybridized carbons (Fsp3) is 0.526. The van der Waals surface area contributed by atoms with Gasteiger partial charge in [0, 0.05) is 19.5 Å². The summed E-state index contributed by atoms with van der Waals surface area (Å²) in [5.74, 6) is 0.485. The molecule has 6 nitrogen and oxygen atoms in total. The first kappa shape index (κ1) is 17.5. The fourth-order valence-electron chi connectivity index (χ4n) is 3.52. The summed E-state index contributed by atoms with van der Waals surface area (Å²) in [5.41, 5.74) is 1.89. The van der Waals surface area contributed by atoms with E-state index in [9.17, 15) is 9.59 Å². The number of imidazole rings is 1. The smallest absolute Gasteiger partial charge is 0.249 e. The van der Waals surface area contributed by atoms with Crippen molar-refractivity contribution in [1.29, 1.82) is 0 Å². The lowest BCUT2D eigenvalue weighted by Gasteiger charge is -2.34. The van der Waals surface area contributed by atoms with Crippen LogP contribution in [0.1, 0.15) is 46.0 Å². The van der Waals surface area contributed by atoms with Crippen molar-refractivity contribution in [1.82, 2.24) is 14.5 Å². The zero-order valence-electron chi connectivity index (χ0n) is 15.0. The van der Waals surface area contributed by atoms with Gasteiger partial charge in [0.05, 0.1) is 11.0 Å². The van der Waals surface area contributed by atoms with Crippen LogP contribution in [0.4, 0.5) is 5.95 Å². The molecule has 1 aliphatic rings. The first-order chi connectivity index (χ1) is 12.2. The van der Waals surface area contributed by atoms with E-state index in [0.29, 0.717) is 25.3 Å². The summed E-state index contributed by atoms with van der Waals surface area (Å²) < 4.78 is 2.04. The standard InChI is InChI=1S/C19H26N4O2/c1-3-12-23-15-10-6-5-9-14(15)20-19(23)21-18(25)16-11-7-8-13-22(16)17(24)4-2/h5-6,9-10,16H,3-4,7-8,11-13H2,1-2H3,(H,20,21,25)/t16-/m0/s1. The Hall–Kier alpha value is -2.37. The number of nitrogens with one attached hydrogen (secondary N) is 1. The van der Waals surface area contributed by atoms with Gasteiger partial charge in [0.1, 0.15) is 6.04 Å². The summed E-state index contributed by atoms with van der Waals surface area (Å²) in [4.78, 5) is 31.4. The Bertz CT molecular complexity index is 768. The van der Waals surface area contributed by atoms with Gasteiger partial charge in [0.15, 0.2) is 0 Å². The first-order valence-electron chi connectivity index (χ1n) is 9.21. The van der Waals surface area contributed by atoms with E-state index in [1.165, 1.54) is 0 Å². The van der Waals surface area contributed by atoms with Crippen molar-refractivity contribution < 1.29 is 9.59 Å². The fourth-order valence-corrected chi connectivity index (χ4v) is 3.52. The molecule has 1 saturated heterocycles. The second-order valence-corrected chi connectivity index (χ2v) is 6.52. The SMILES string of the molecule is CCCn1c(NC(=O)[C@@H]2CCCCN2C(=O)CC)nc2ccccc21. The molecule has 1 fully saturated rings. The van der Waals surface area contributed by atoms with Crippen molar-refractivity contribution >= 4 is 28.8 Å². The summed E-state index contributed by atoms with van der Waals surface area (Å²) in [6.45, 7) is 5.39. The molecule has 134 valence electrons. The molecule has 2 aromatic rings. The quantitative estimate of drug-likeness (QED) is 0.907. The number of fused-ring (bicyclic) bond motifs is 1. The molecule has 0 unspecified atom stereocenters. The third kappa shape index (κ3) is 3.52. The Morgan fingerprint density at radius 1 is 1.24 bits per heavy atom. The van der Waals surface area contributed by atoms with E-state index in [-0.39, 0.29) is 11.8 Å². The average Bonchev–Trinajstić information content (AvgIpc) is 2.98. The Labute approximate surface area is 148 Å². The van der Waals surface area contributed by atoms with Crippen molar-refractivity contribution in [2.24, 2.45) is 0 Å². The zero-order valence-corrected chi connectivity index (χ0v) is 15.0. The number of aryl methyl sites for hydroxylation is 1. The van der Waals surface area contributed by atoms with E-state index in [4.69, 9.17) is 0 Å². The summed E-state index contributed by atoms with van der Waals surface area (Å²) in [5, 5.41) is 2.98. The number of carbonyl (C=O) groups excluding carboxylic acids is 2. The number of amides is 2. The van der Waals surface area contributed by atoms with Gasteiger partial charge in [0.2, 0.25) is 17.8 Å². The number of rotatable bonds is 5. The van der Waals surface area contributed by atoms with E-state index < -0.39 is 6.04 Å². The van der Waals surface area contributed by atoms with Crippen molar-refractivity contribution in [3.63, 3.8) is 0 Å². The lowest BCUT2D eigenvalue weighted by molar-refractivity contribution is -0.140. The molecule has 1 atom stereocenters. The number of carbonyl (C=O) groups is 2. The molecule has 0 radical (unpaired) electrons. The van der Waals surface area contributed by atoms with E-state index in [1.54, 1.807) is 4.90 Å². The van der Waals surface area contributed by atoms with Crippen molar-refractivity contribution in [2.45, 2.75) is 58.5 Å². The second kappa shape index (κ2) is 7.68. The van der Waals surface area contributed by atoms with Crippen LogP contribution in [0.5, 0.6) is 0 Å². The lowest BCUT2D eigenvalue weighted by atomic mass is 10.0. The lowest BCUT2D eigenvalue weighted by Crippen LogP contribution is -2.50.